The molecule has 1 amide bonds. The van der Waals surface area contributed by atoms with Crippen molar-refractivity contribution in [3.8, 4) is 0 Å². The van der Waals surface area contributed by atoms with Gasteiger partial charge in [-0.1, -0.05) is 6.92 Å². The molecule has 0 aliphatic heterocycles. The molecule has 1 N–H and O–H groups in total. The van der Waals surface area contributed by atoms with Crippen LogP contribution in [0.1, 0.15) is 33.1 Å². The van der Waals surface area contributed by atoms with Crippen LogP contribution in [0.4, 0.5) is 0 Å². The molecule has 0 aromatic heterocycles. The van der Waals surface area contributed by atoms with E-state index in [1.165, 1.54) is 0 Å². The minimum Gasteiger partial charge on any atom is -0.369 e. The molecule has 0 heterocycles. The summed E-state index contributed by atoms with van der Waals surface area (Å²) < 4.78 is 5.27. The monoisotopic (exact) mass is 171 g/mol. The zero-order chi connectivity index (χ0) is 8.97. The Hall–Kier alpha value is -0.570. The van der Waals surface area contributed by atoms with Crippen molar-refractivity contribution in [1.82, 2.24) is 5.32 Å². The molecule has 0 aromatic rings. The van der Waals surface area contributed by atoms with E-state index in [1.54, 1.807) is 0 Å². The van der Waals surface area contributed by atoms with Gasteiger partial charge in [-0.2, -0.15) is 0 Å². The van der Waals surface area contributed by atoms with E-state index in [-0.39, 0.29) is 12.0 Å². The standard InChI is InChI=1S/C9H17NO2/c1-3-8(12-4-2)9(11)10-7-5-6-7/h7-8H,3-6H2,1-2H3,(H,10,11)/t8-/m0/s1. The molecule has 0 saturated heterocycles. The first-order chi connectivity index (χ1) is 5.77. The number of nitrogens with one attached hydrogen (secondary N) is 1. The van der Waals surface area contributed by atoms with Gasteiger partial charge in [-0.05, 0) is 26.2 Å². The van der Waals surface area contributed by atoms with E-state index in [0.717, 1.165) is 19.3 Å². The lowest BCUT2D eigenvalue weighted by Crippen LogP contribution is -2.37. The molecule has 70 valence electrons. The number of ether oxygens (including phenoxy) is 1. The third kappa shape index (κ3) is 2.81. The molecule has 1 saturated carbocycles. The van der Waals surface area contributed by atoms with Crippen molar-refractivity contribution in [2.24, 2.45) is 0 Å². The van der Waals surface area contributed by atoms with E-state index in [2.05, 4.69) is 5.32 Å². The van der Waals surface area contributed by atoms with E-state index < -0.39 is 0 Å². The van der Waals surface area contributed by atoms with Crippen molar-refractivity contribution in [3.63, 3.8) is 0 Å². The second-order valence-corrected chi connectivity index (χ2v) is 3.14. The summed E-state index contributed by atoms with van der Waals surface area (Å²) in [6, 6.07) is 0.437. The topological polar surface area (TPSA) is 38.3 Å². The Morgan fingerprint density at radius 2 is 2.25 bits per heavy atom. The summed E-state index contributed by atoms with van der Waals surface area (Å²) in [7, 11) is 0. The van der Waals surface area contributed by atoms with E-state index in [9.17, 15) is 4.79 Å². The predicted octanol–water partition coefficient (Wildman–Crippen LogP) is 1.08. The first-order valence-corrected chi connectivity index (χ1v) is 4.69. The van der Waals surface area contributed by atoms with Gasteiger partial charge >= 0.3 is 0 Å². The summed E-state index contributed by atoms with van der Waals surface area (Å²) in [5.41, 5.74) is 0. The molecule has 1 fully saturated rings. The molecule has 1 aliphatic rings. The van der Waals surface area contributed by atoms with Crippen molar-refractivity contribution in [2.45, 2.75) is 45.3 Å². The van der Waals surface area contributed by atoms with Crippen LogP contribution in [-0.4, -0.2) is 24.7 Å². The van der Waals surface area contributed by atoms with Gasteiger partial charge < -0.3 is 10.1 Å². The van der Waals surface area contributed by atoms with Crippen LogP contribution in [0.5, 0.6) is 0 Å². The van der Waals surface area contributed by atoms with Gasteiger partial charge in [0, 0.05) is 12.6 Å². The largest absolute Gasteiger partial charge is 0.369 e. The molecule has 0 unspecified atom stereocenters. The maximum atomic E-state index is 11.4. The molecule has 1 aliphatic carbocycles. The van der Waals surface area contributed by atoms with Gasteiger partial charge in [-0.3, -0.25) is 4.79 Å². The summed E-state index contributed by atoms with van der Waals surface area (Å²) in [6.45, 7) is 4.48. The fourth-order valence-electron chi connectivity index (χ4n) is 1.10. The molecule has 12 heavy (non-hydrogen) atoms. The Balaban J connectivity index is 2.24. The molecular formula is C9H17NO2. The van der Waals surface area contributed by atoms with Gasteiger partial charge in [0.1, 0.15) is 6.10 Å². The average molecular weight is 171 g/mol. The number of rotatable bonds is 5. The van der Waals surface area contributed by atoms with E-state index >= 15 is 0 Å². The molecule has 0 bridgehead atoms. The van der Waals surface area contributed by atoms with Gasteiger partial charge in [0.15, 0.2) is 0 Å². The summed E-state index contributed by atoms with van der Waals surface area (Å²) in [5, 5.41) is 2.93. The zero-order valence-corrected chi connectivity index (χ0v) is 7.80. The van der Waals surface area contributed by atoms with Crippen LogP contribution in [0.15, 0.2) is 0 Å². The second-order valence-electron chi connectivity index (χ2n) is 3.14. The van der Waals surface area contributed by atoms with E-state index in [0.29, 0.717) is 12.6 Å². The zero-order valence-electron chi connectivity index (χ0n) is 7.80. The predicted molar refractivity (Wildman–Crippen MR) is 46.9 cm³/mol. The highest BCUT2D eigenvalue weighted by Crippen LogP contribution is 2.19. The first-order valence-electron chi connectivity index (χ1n) is 4.69. The highest BCUT2D eigenvalue weighted by molar-refractivity contribution is 5.81. The van der Waals surface area contributed by atoms with Gasteiger partial charge in [0.2, 0.25) is 5.91 Å². The third-order valence-corrected chi connectivity index (χ3v) is 1.95. The fourth-order valence-corrected chi connectivity index (χ4v) is 1.10. The number of hydrogen-bond donors (Lipinski definition) is 1. The highest BCUT2D eigenvalue weighted by atomic mass is 16.5. The SMILES string of the molecule is CCO[C@@H](CC)C(=O)NC1CC1. The average Bonchev–Trinajstić information content (AvgIpc) is 2.83. The van der Waals surface area contributed by atoms with Crippen molar-refractivity contribution >= 4 is 5.91 Å². The fraction of sp³-hybridized carbons (Fsp3) is 0.889. The number of carbonyl (C=O) groups excluding carboxylic acids is 1. The Morgan fingerprint density at radius 1 is 1.58 bits per heavy atom. The Labute approximate surface area is 73.5 Å². The molecule has 0 aromatic carbocycles. The lowest BCUT2D eigenvalue weighted by molar-refractivity contribution is -0.132. The van der Waals surface area contributed by atoms with Crippen molar-refractivity contribution in [3.05, 3.63) is 0 Å². The van der Waals surface area contributed by atoms with Crippen LogP contribution in [0.25, 0.3) is 0 Å². The van der Waals surface area contributed by atoms with Crippen LogP contribution < -0.4 is 5.32 Å². The lowest BCUT2D eigenvalue weighted by Gasteiger charge is -2.14. The number of amides is 1. The van der Waals surface area contributed by atoms with Crippen molar-refractivity contribution in [1.29, 1.82) is 0 Å². The van der Waals surface area contributed by atoms with Crippen LogP contribution in [0, 0.1) is 0 Å². The summed E-state index contributed by atoms with van der Waals surface area (Å²) >= 11 is 0. The molecule has 0 spiro atoms. The van der Waals surface area contributed by atoms with Gasteiger partial charge in [-0.15, -0.1) is 0 Å². The van der Waals surface area contributed by atoms with Crippen LogP contribution in [0.3, 0.4) is 0 Å². The number of hydrogen-bond acceptors (Lipinski definition) is 2. The maximum Gasteiger partial charge on any atom is 0.249 e. The lowest BCUT2D eigenvalue weighted by atomic mass is 10.2. The summed E-state index contributed by atoms with van der Waals surface area (Å²) in [5.74, 6) is 0.0573. The molecule has 1 atom stereocenters. The van der Waals surface area contributed by atoms with E-state index in [4.69, 9.17) is 4.74 Å². The molecule has 3 nitrogen and oxygen atoms in total. The smallest absolute Gasteiger partial charge is 0.249 e. The Bertz CT molecular complexity index is 155. The summed E-state index contributed by atoms with van der Waals surface area (Å²) in [4.78, 5) is 11.4. The van der Waals surface area contributed by atoms with Crippen LogP contribution >= 0.6 is 0 Å². The first kappa shape index (κ1) is 9.52. The van der Waals surface area contributed by atoms with Crippen LogP contribution in [0.2, 0.25) is 0 Å². The second kappa shape index (κ2) is 4.45. The normalized spacial score (nSPS) is 18.8. The van der Waals surface area contributed by atoms with Gasteiger partial charge in [0.05, 0.1) is 0 Å². The maximum absolute atomic E-state index is 11.4. The third-order valence-electron chi connectivity index (χ3n) is 1.95. The van der Waals surface area contributed by atoms with Gasteiger partial charge in [0.25, 0.3) is 0 Å². The minimum atomic E-state index is -0.240. The number of carbonyl (C=O) groups is 1. The molecule has 3 heteroatoms. The highest BCUT2D eigenvalue weighted by Gasteiger charge is 2.26. The summed E-state index contributed by atoms with van der Waals surface area (Å²) in [6.07, 6.45) is 2.78. The minimum absolute atomic E-state index is 0.0573. The Kier molecular flexibility index (Phi) is 3.53. The van der Waals surface area contributed by atoms with Crippen LogP contribution in [-0.2, 0) is 9.53 Å². The molecule has 1 rings (SSSR count). The van der Waals surface area contributed by atoms with Crippen molar-refractivity contribution < 1.29 is 9.53 Å². The van der Waals surface area contributed by atoms with E-state index in [1.807, 2.05) is 13.8 Å². The van der Waals surface area contributed by atoms with Gasteiger partial charge in [-0.25, -0.2) is 0 Å². The molecular weight excluding hydrogens is 154 g/mol. The quantitative estimate of drug-likeness (QED) is 0.672. The molecule has 0 radical (unpaired) electrons. The van der Waals surface area contributed by atoms with Crippen molar-refractivity contribution in [2.75, 3.05) is 6.61 Å². The Morgan fingerprint density at radius 3 is 2.67 bits per heavy atom.